The number of hydrogen-bond donors (Lipinski definition) is 1. The summed E-state index contributed by atoms with van der Waals surface area (Å²) in [5.74, 6) is 0. The molecule has 0 fully saturated rings. The van der Waals surface area contributed by atoms with Crippen LogP contribution < -0.4 is 5.32 Å². The summed E-state index contributed by atoms with van der Waals surface area (Å²) in [7, 11) is 0. The molecule has 0 unspecified atom stereocenters. The highest BCUT2D eigenvalue weighted by atomic mass is 79.9. The molecular formula is C17H16BrN3. The first kappa shape index (κ1) is 13.9. The van der Waals surface area contributed by atoms with Gasteiger partial charge in [0.25, 0.3) is 0 Å². The summed E-state index contributed by atoms with van der Waals surface area (Å²) in [4.78, 5) is 0. The van der Waals surface area contributed by atoms with E-state index in [4.69, 9.17) is 0 Å². The highest BCUT2D eigenvalue weighted by molar-refractivity contribution is 9.10. The van der Waals surface area contributed by atoms with Crippen molar-refractivity contribution < 1.29 is 0 Å². The molecular weight excluding hydrogens is 326 g/mol. The lowest BCUT2D eigenvalue weighted by Gasteiger charge is -2.09. The van der Waals surface area contributed by atoms with E-state index >= 15 is 0 Å². The highest BCUT2D eigenvalue weighted by Gasteiger charge is 1.99. The average Bonchev–Trinajstić information content (AvgIpc) is 2.99. The molecule has 106 valence electrons. The van der Waals surface area contributed by atoms with Crippen molar-refractivity contribution in [2.45, 2.75) is 13.1 Å². The fourth-order valence-electron chi connectivity index (χ4n) is 2.21. The predicted octanol–water partition coefficient (Wildman–Crippen LogP) is 4.31. The van der Waals surface area contributed by atoms with E-state index in [0.717, 1.165) is 23.2 Å². The lowest BCUT2D eigenvalue weighted by molar-refractivity contribution is 0.687. The van der Waals surface area contributed by atoms with Gasteiger partial charge in [0.15, 0.2) is 0 Å². The van der Waals surface area contributed by atoms with Crippen molar-refractivity contribution in [3.05, 3.63) is 82.6 Å². The lowest BCUT2D eigenvalue weighted by atomic mass is 10.2. The highest BCUT2D eigenvalue weighted by Crippen LogP contribution is 2.15. The van der Waals surface area contributed by atoms with Gasteiger partial charge in [-0.1, -0.05) is 40.2 Å². The molecule has 0 bridgehead atoms. The number of halogens is 1. The van der Waals surface area contributed by atoms with Crippen molar-refractivity contribution in [1.82, 2.24) is 9.78 Å². The summed E-state index contributed by atoms with van der Waals surface area (Å²) in [6.45, 7) is 1.60. The smallest absolute Gasteiger partial charge is 0.0660 e. The van der Waals surface area contributed by atoms with E-state index in [1.807, 2.05) is 23.0 Å². The lowest BCUT2D eigenvalue weighted by Crippen LogP contribution is -2.02. The first-order valence-electron chi connectivity index (χ1n) is 6.84. The fraction of sp³-hybridized carbons (Fsp3) is 0.118. The zero-order chi connectivity index (χ0) is 14.5. The first-order chi connectivity index (χ1) is 10.3. The molecule has 0 aliphatic rings. The second kappa shape index (κ2) is 6.59. The molecule has 0 amide bonds. The van der Waals surface area contributed by atoms with Crippen molar-refractivity contribution in [3.63, 3.8) is 0 Å². The van der Waals surface area contributed by atoms with Gasteiger partial charge in [0.1, 0.15) is 0 Å². The van der Waals surface area contributed by atoms with Crippen LogP contribution in [0.15, 0.2) is 71.5 Å². The Kier molecular flexibility index (Phi) is 4.36. The summed E-state index contributed by atoms with van der Waals surface area (Å²) >= 11 is 3.50. The van der Waals surface area contributed by atoms with Crippen LogP contribution in [0.5, 0.6) is 0 Å². The Bertz CT molecular complexity index is 708. The minimum Gasteiger partial charge on any atom is -0.381 e. The number of anilines is 1. The van der Waals surface area contributed by atoms with Gasteiger partial charge in [0, 0.05) is 29.1 Å². The largest absolute Gasteiger partial charge is 0.381 e. The number of aromatic nitrogens is 2. The Morgan fingerprint density at radius 3 is 2.67 bits per heavy atom. The van der Waals surface area contributed by atoms with Gasteiger partial charge in [-0.25, -0.2) is 0 Å². The van der Waals surface area contributed by atoms with Crippen LogP contribution in [0, 0.1) is 0 Å². The summed E-state index contributed by atoms with van der Waals surface area (Å²) in [6.07, 6.45) is 3.77. The van der Waals surface area contributed by atoms with Crippen LogP contribution in [0.25, 0.3) is 0 Å². The molecule has 21 heavy (non-hydrogen) atoms. The Balaban J connectivity index is 1.66. The first-order valence-corrected chi connectivity index (χ1v) is 7.63. The van der Waals surface area contributed by atoms with Gasteiger partial charge < -0.3 is 5.32 Å². The van der Waals surface area contributed by atoms with Gasteiger partial charge in [0.2, 0.25) is 0 Å². The van der Waals surface area contributed by atoms with Gasteiger partial charge in [-0.15, -0.1) is 0 Å². The standard InChI is InChI=1S/C17H16BrN3/c18-16-6-1-4-14(10-16)12-19-17-7-2-5-15(11-17)13-21-9-3-8-20-21/h1-11,19H,12-13H2. The minimum atomic E-state index is 0.791. The predicted molar refractivity (Wildman–Crippen MR) is 89.2 cm³/mol. The Morgan fingerprint density at radius 2 is 1.86 bits per heavy atom. The second-order valence-electron chi connectivity index (χ2n) is 4.89. The van der Waals surface area contributed by atoms with Gasteiger partial charge >= 0.3 is 0 Å². The number of nitrogens with zero attached hydrogens (tertiary/aromatic N) is 2. The monoisotopic (exact) mass is 341 g/mol. The van der Waals surface area contributed by atoms with Crippen molar-refractivity contribution in [1.29, 1.82) is 0 Å². The van der Waals surface area contributed by atoms with Crippen LogP contribution in [-0.2, 0) is 13.1 Å². The van der Waals surface area contributed by atoms with E-state index in [-0.39, 0.29) is 0 Å². The third-order valence-electron chi connectivity index (χ3n) is 3.22. The van der Waals surface area contributed by atoms with Crippen LogP contribution in [0.4, 0.5) is 5.69 Å². The zero-order valence-electron chi connectivity index (χ0n) is 11.5. The summed E-state index contributed by atoms with van der Waals surface area (Å²) < 4.78 is 3.03. The number of benzene rings is 2. The van der Waals surface area contributed by atoms with Crippen LogP contribution >= 0.6 is 15.9 Å². The second-order valence-corrected chi connectivity index (χ2v) is 5.80. The SMILES string of the molecule is Brc1cccc(CNc2cccc(Cn3cccn3)c2)c1. The molecule has 2 aromatic carbocycles. The molecule has 0 spiro atoms. The van der Waals surface area contributed by atoms with Crippen LogP contribution in [0.1, 0.15) is 11.1 Å². The van der Waals surface area contributed by atoms with E-state index in [1.54, 1.807) is 6.20 Å². The molecule has 1 heterocycles. The molecule has 1 aromatic heterocycles. The van der Waals surface area contributed by atoms with Crippen molar-refractivity contribution in [3.8, 4) is 0 Å². The molecule has 0 atom stereocenters. The van der Waals surface area contributed by atoms with E-state index in [0.29, 0.717) is 0 Å². The van der Waals surface area contributed by atoms with Crippen LogP contribution in [0.3, 0.4) is 0 Å². The van der Waals surface area contributed by atoms with Crippen LogP contribution in [0.2, 0.25) is 0 Å². The molecule has 3 rings (SSSR count). The zero-order valence-corrected chi connectivity index (χ0v) is 13.1. The number of nitrogens with one attached hydrogen (secondary N) is 1. The Hall–Kier alpha value is -2.07. The quantitative estimate of drug-likeness (QED) is 0.749. The minimum absolute atomic E-state index is 0.791. The fourth-order valence-corrected chi connectivity index (χ4v) is 2.66. The topological polar surface area (TPSA) is 29.9 Å². The van der Waals surface area contributed by atoms with E-state index in [2.05, 4.69) is 68.8 Å². The molecule has 1 N–H and O–H groups in total. The third kappa shape index (κ3) is 3.95. The summed E-state index contributed by atoms with van der Waals surface area (Å²) in [5.41, 5.74) is 3.61. The Morgan fingerprint density at radius 1 is 1.00 bits per heavy atom. The summed E-state index contributed by atoms with van der Waals surface area (Å²) in [5, 5.41) is 7.69. The van der Waals surface area contributed by atoms with Gasteiger partial charge in [-0.05, 0) is 41.5 Å². The molecule has 0 saturated heterocycles. The maximum Gasteiger partial charge on any atom is 0.0660 e. The van der Waals surface area contributed by atoms with Gasteiger partial charge in [-0.3, -0.25) is 4.68 Å². The number of rotatable bonds is 5. The molecule has 0 aliphatic heterocycles. The van der Waals surface area contributed by atoms with E-state index in [1.165, 1.54) is 11.1 Å². The van der Waals surface area contributed by atoms with Crippen molar-refractivity contribution in [2.24, 2.45) is 0 Å². The Labute approximate surface area is 132 Å². The van der Waals surface area contributed by atoms with Crippen molar-refractivity contribution in [2.75, 3.05) is 5.32 Å². The van der Waals surface area contributed by atoms with E-state index in [9.17, 15) is 0 Å². The third-order valence-corrected chi connectivity index (χ3v) is 3.71. The molecule has 0 radical (unpaired) electrons. The summed E-state index contributed by atoms with van der Waals surface area (Å²) in [6, 6.07) is 18.7. The van der Waals surface area contributed by atoms with Gasteiger partial charge in [0.05, 0.1) is 6.54 Å². The normalized spacial score (nSPS) is 10.5. The molecule has 4 heteroatoms. The molecule has 3 aromatic rings. The molecule has 0 aliphatic carbocycles. The molecule has 3 nitrogen and oxygen atoms in total. The van der Waals surface area contributed by atoms with Crippen LogP contribution in [-0.4, -0.2) is 9.78 Å². The average molecular weight is 342 g/mol. The maximum absolute atomic E-state index is 4.24. The van der Waals surface area contributed by atoms with Gasteiger partial charge in [-0.2, -0.15) is 5.10 Å². The number of hydrogen-bond acceptors (Lipinski definition) is 2. The maximum atomic E-state index is 4.24. The van der Waals surface area contributed by atoms with Crippen molar-refractivity contribution >= 4 is 21.6 Å². The van der Waals surface area contributed by atoms with E-state index < -0.39 is 0 Å². The molecule has 0 saturated carbocycles.